The summed E-state index contributed by atoms with van der Waals surface area (Å²) in [7, 11) is 5.49. The van der Waals surface area contributed by atoms with E-state index >= 15 is 0 Å². The number of benzene rings is 2. The van der Waals surface area contributed by atoms with Crippen LogP contribution in [0.1, 0.15) is 60.3 Å². The lowest BCUT2D eigenvalue weighted by Gasteiger charge is -2.26. The number of unbranched alkanes of at least 4 members (excludes halogenated alkanes) is 2. The Morgan fingerprint density at radius 1 is 1.06 bits per heavy atom. The zero-order valence-electron chi connectivity index (χ0n) is 21.3. The SMILES string of the molecule is CCCCCOc1ccc(C2c3c(oc4ccc(F)cc4c3=O)C(=O)N2CCCN(C)C)cc1OC. The van der Waals surface area contributed by atoms with Crippen LogP contribution in [0.2, 0.25) is 0 Å². The van der Waals surface area contributed by atoms with Crippen molar-refractivity contribution in [3.8, 4) is 11.5 Å². The summed E-state index contributed by atoms with van der Waals surface area (Å²) in [4.78, 5) is 30.8. The minimum Gasteiger partial charge on any atom is -0.493 e. The summed E-state index contributed by atoms with van der Waals surface area (Å²) in [5.74, 6) is 0.247. The minimum atomic E-state index is -0.679. The number of carbonyl (C=O) groups excluding carboxylic acids is 1. The fourth-order valence-electron chi connectivity index (χ4n) is 4.63. The molecule has 0 N–H and O–H groups in total. The van der Waals surface area contributed by atoms with E-state index in [1.807, 2.05) is 31.1 Å². The van der Waals surface area contributed by atoms with Gasteiger partial charge in [-0.05, 0) is 69.4 Å². The number of halogens is 1. The fraction of sp³-hybridized carbons (Fsp3) is 0.429. The van der Waals surface area contributed by atoms with Gasteiger partial charge in [-0.25, -0.2) is 4.39 Å². The molecule has 7 nitrogen and oxygen atoms in total. The smallest absolute Gasteiger partial charge is 0.290 e. The molecular formula is C28H33FN2O5. The Morgan fingerprint density at radius 3 is 2.58 bits per heavy atom. The molecule has 2 heterocycles. The highest BCUT2D eigenvalue weighted by molar-refractivity contribution is 5.99. The van der Waals surface area contributed by atoms with E-state index in [1.165, 1.54) is 12.1 Å². The van der Waals surface area contributed by atoms with Gasteiger partial charge in [-0.1, -0.05) is 25.8 Å². The lowest BCUT2D eigenvalue weighted by atomic mass is 9.98. The number of hydrogen-bond acceptors (Lipinski definition) is 6. The maximum absolute atomic E-state index is 14.0. The third kappa shape index (κ3) is 5.09. The van der Waals surface area contributed by atoms with Crippen molar-refractivity contribution < 1.29 is 23.1 Å². The molecule has 0 saturated carbocycles. The summed E-state index contributed by atoms with van der Waals surface area (Å²) >= 11 is 0. The largest absolute Gasteiger partial charge is 0.493 e. The van der Waals surface area contributed by atoms with Gasteiger partial charge in [-0.3, -0.25) is 9.59 Å². The van der Waals surface area contributed by atoms with Crippen molar-refractivity contribution in [3.63, 3.8) is 0 Å². The minimum absolute atomic E-state index is 0.00724. The first kappa shape index (κ1) is 25.7. The van der Waals surface area contributed by atoms with Crippen molar-refractivity contribution >= 4 is 16.9 Å². The van der Waals surface area contributed by atoms with Crippen LogP contribution in [0.25, 0.3) is 11.0 Å². The maximum Gasteiger partial charge on any atom is 0.290 e. The molecule has 0 radical (unpaired) electrons. The Labute approximate surface area is 210 Å². The Morgan fingerprint density at radius 2 is 1.86 bits per heavy atom. The summed E-state index contributed by atoms with van der Waals surface area (Å²) in [6.07, 6.45) is 3.82. The molecule has 8 heteroatoms. The number of carbonyl (C=O) groups is 1. The first-order valence-electron chi connectivity index (χ1n) is 12.4. The molecule has 36 heavy (non-hydrogen) atoms. The highest BCUT2D eigenvalue weighted by atomic mass is 19.1. The van der Waals surface area contributed by atoms with Crippen LogP contribution in [0.3, 0.4) is 0 Å². The van der Waals surface area contributed by atoms with Crippen molar-refractivity contribution in [2.45, 2.75) is 38.6 Å². The first-order valence-corrected chi connectivity index (χ1v) is 12.4. The summed E-state index contributed by atoms with van der Waals surface area (Å²) in [6.45, 7) is 3.91. The quantitative estimate of drug-likeness (QED) is 0.348. The Bertz CT molecular complexity index is 1300. The average molecular weight is 497 g/mol. The highest BCUT2D eigenvalue weighted by Crippen LogP contribution is 2.41. The Hall–Kier alpha value is -3.39. The first-order chi connectivity index (χ1) is 17.3. The maximum atomic E-state index is 14.0. The van der Waals surface area contributed by atoms with E-state index in [-0.39, 0.29) is 28.2 Å². The number of ether oxygens (including phenoxy) is 2. The molecule has 4 rings (SSSR count). The molecule has 1 atom stereocenters. The van der Waals surface area contributed by atoms with Gasteiger partial charge in [0.1, 0.15) is 11.4 Å². The van der Waals surface area contributed by atoms with Gasteiger partial charge in [-0.15, -0.1) is 0 Å². The molecule has 0 saturated heterocycles. The zero-order chi connectivity index (χ0) is 25.8. The van der Waals surface area contributed by atoms with Crippen molar-refractivity contribution in [3.05, 3.63) is 69.3 Å². The van der Waals surface area contributed by atoms with Crippen molar-refractivity contribution in [1.82, 2.24) is 9.80 Å². The van der Waals surface area contributed by atoms with E-state index in [1.54, 1.807) is 18.1 Å². The van der Waals surface area contributed by atoms with E-state index < -0.39 is 17.3 Å². The van der Waals surface area contributed by atoms with Crippen LogP contribution in [-0.2, 0) is 0 Å². The van der Waals surface area contributed by atoms with Crippen LogP contribution in [0.5, 0.6) is 11.5 Å². The topological polar surface area (TPSA) is 72.2 Å². The molecular weight excluding hydrogens is 463 g/mol. The van der Waals surface area contributed by atoms with E-state index in [4.69, 9.17) is 13.9 Å². The van der Waals surface area contributed by atoms with Gasteiger partial charge in [0.15, 0.2) is 16.9 Å². The molecule has 3 aromatic rings. The van der Waals surface area contributed by atoms with Gasteiger partial charge in [0.25, 0.3) is 5.91 Å². The summed E-state index contributed by atoms with van der Waals surface area (Å²) < 4.78 is 31.4. The van der Waals surface area contributed by atoms with Crippen molar-refractivity contribution in [2.75, 3.05) is 40.9 Å². The monoisotopic (exact) mass is 496 g/mol. The Kier molecular flexibility index (Phi) is 7.94. The van der Waals surface area contributed by atoms with Gasteiger partial charge in [0.2, 0.25) is 5.76 Å². The molecule has 1 unspecified atom stereocenters. The second-order valence-corrected chi connectivity index (χ2v) is 9.34. The molecule has 0 aliphatic carbocycles. The summed E-state index contributed by atoms with van der Waals surface area (Å²) in [6, 6.07) is 8.54. The molecule has 2 aromatic carbocycles. The number of amides is 1. The van der Waals surface area contributed by atoms with Crippen molar-refractivity contribution in [2.24, 2.45) is 0 Å². The van der Waals surface area contributed by atoms with Gasteiger partial charge < -0.3 is 23.7 Å². The predicted octanol–water partition coefficient (Wildman–Crippen LogP) is 5.01. The molecule has 192 valence electrons. The Balaban J connectivity index is 1.78. The van der Waals surface area contributed by atoms with E-state index in [9.17, 15) is 14.0 Å². The molecule has 0 fully saturated rings. The van der Waals surface area contributed by atoms with Crippen LogP contribution in [0.4, 0.5) is 4.39 Å². The number of hydrogen-bond donors (Lipinski definition) is 0. The molecule has 0 spiro atoms. The summed E-state index contributed by atoms with van der Waals surface area (Å²) in [5.41, 5.74) is 0.711. The molecule has 0 bridgehead atoms. The van der Waals surface area contributed by atoms with E-state index in [0.717, 1.165) is 31.9 Å². The number of methoxy groups -OCH3 is 1. The van der Waals surface area contributed by atoms with Crippen LogP contribution in [-0.4, -0.2) is 56.6 Å². The van der Waals surface area contributed by atoms with E-state index in [2.05, 4.69) is 6.92 Å². The standard InChI is InChI=1S/C28H33FN2O5/c1-5-6-7-15-35-22-11-9-18(16-23(22)34-4)25-24-26(32)20-17-19(29)10-12-21(20)36-27(24)28(33)31(25)14-8-13-30(2)3/h9-12,16-17,25H,5-8,13-15H2,1-4H3. The van der Waals surface area contributed by atoms with Gasteiger partial charge in [-0.2, -0.15) is 0 Å². The molecule has 1 aliphatic heterocycles. The summed E-state index contributed by atoms with van der Waals surface area (Å²) in [5, 5.41) is 0.115. The van der Waals surface area contributed by atoms with Crippen LogP contribution in [0.15, 0.2) is 45.6 Å². The number of nitrogens with zero attached hydrogens (tertiary/aromatic N) is 2. The van der Waals surface area contributed by atoms with Gasteiger partial charge >= 0.3 is 0 Å². The van der Waals surface area contributed by atoms with Crippen molar-refractivity contribution in [1.29, 1.82) is 0 Å². The van der Waals surface area contributed by atoms with Crippen LogP contribution in [0, 0.1) is 5.82 Å². The second-order valence-electron chi connectivity index (χ2n) is 9.34. The lowest BCUT2D eigenvalue weighted by Crippen LogP contribution is -2.32. The normalized spacial score (nSPS) is 15.1. The molecule has 1 amide bonds. The predicted molar refractivity (Wildman–Crippen MR) is 137 cm³/mol. The van der Waals surface area contributed by atoms with Gasteiger partial charge in [0, 0.05) is 6.54 Å². The average Bonchev–Trinajstić information content (AvgIpc) is 3.14. The lowest BCUT2D eigenvalue weighted by molar-refractivity contribution is 0.0722. The number of rotatable bonds is 11. The molecule has 1 aromatic heterocycles. The fourth-order valence-corrected chi connectivity index (χ4v) is 4.63. The van der Waals surface area contributed by atoms with E-state index in [0.29, 0.717) is 36.6 Å². The van der Waals surface area contributed by atoms with Crippen LogP contribution >= 0.6 is 0 Å². The van der Waals surface area contributed by atoms with Crippen LogP contribution < -0.4 is 14.9 Å². The zero-order valence-corrected chi connectivity index (χ0v) is 21.3. The second kappa shape index (κ2) is 11.1. The third-order valence-corrected chi connectivity index (χ3v) is 6.44. The number of fused-ring (bicyclic) bond motifs is 2. The molecule has 1 aliphatic rings. The van der Waals surface area contributed by atoms with Gasteiger partial charge in [0.05, 0.1) is 30.7 Å². The highest BCUT2D eigenvalue weighted by Gasteiger charge is 2.42. The third-order valence-electron chi connectivity index (χ3n) is 6.44.